The quantitative estimate of drug-likeness (QED) is 0.299. The van der Waals surface area contributed by atoms with Crippen molar-refractivity contribution in [3.63, 3.8) is 0 Å². The summed E-state index contributed by atoms with van der Waals surface area (Å²) in [6.07, 6.45) is 14.3. The van der Waals surface area contributed by atoms with Crippen LogP contribution >= 0.6 is 0 Å². The van der Waals surface area contributed by atoms with Gasteiger partial charge in [-0.1, -0.05) is 72.1 Å². The molecule has 0 aromatic carbocycles. The zero-order chi connectivity index (χ0) is 13.0. The summed E-state index contributed by atoms with van der Waals surface area (Å²) >= 11 is 0. The minimum atomic E-state index is 0.210. The zero-order valence-electron chi connectivity index (χ0n) is 12.4. The molecular weight excluding hydrogens is 208 g/mol. The maximum absolute atomic E-state index is 5.80. The monoisotopic (exact) mass is 242 g/mol. The first kappa shape index (κ1) is 16.9. The lowest BCUT2D eigenvalue weighted by Crippen LogP contribution is -2.48. The molecule has 0 aliphatic heterocycles. The number of hydrogen-bond acceptors (Lipinski definition) is 2. The molecule has 0 saturated heterocycles. The Morgan fingerprint density at radius 3 is 1.53 bits per heavy atom. The number of hydrazine groups is 1. The minimum Gasteiger partial charge on any atom is -0.271 e. The molecular formula is C15H34N2. The van der Waals surface area contributed by atoms with Crippen LogP contribution in [0.15, 0.2) is 0 Å². The Bertz CT molecular complexity index is 139. The molecule has 0 atom stereocenters. The Hall–Kier alpha value is -0.0800. The number of hydrogen-bond donors (Lipinski definition) is 2. The Morgan fingerprint density at radius 1 is 0.765 bits per heavy atom. The molecule has 3 N–H and O–H groups in total. The van der Waals surface area contributed by atoms with Crippen LogP contribution in [0, 0.1) is 0 Å². The Kier molecular flexibility index (Phi) is 11.0. The third-order valence-corrected chi connectivity index (χ3v) is 4.00. The summed E-state index contributed by atoms with van der Waals surface area (Å²) in [7, 11) is 0. The highest BCUT2D eigenvalue weighted by molar-refractivity contribution is 4.84. The van der Waals surface area contributed by atoms with Gasteiger partial charge in [0.25, 0.3) is 0 Å². The summed E-state index contributed by atoms with van der Waals surface area (Å²) in [6, 6.07) is 0. The average Bonchev–Trinajstić information content (AvgIpc) is 2.37. The minimum absolute atomic E-state index is 0.210. The number of unbranched alkanes of at least 4 members (excludes halogenated alkanes) is 6. The van der Waals surface area contributed by atoms with Gasteiger partial charge in [-0.25, -0.2) is 0 Å². The molecule has 0 aromatic rings. The maximum atomic E-state index is 5.80. The highest BCUT2D eigenvalue weighted by atomic mass is 15.3. The fraction of sp³-hybridized carbons (Fsp3) is 1.00. The van der Waals surface area contributed by atoms with Crippen LogP contribution in [0.3, 0.4) is 0 Å². The van der Waals surface area contributed by atoms with Crippen molar-refractivity contribution in [3.8, 4) is 0 Å². The molecule has 0 radical (unpaired) electrons. The number of nitrogens with two attached hydrogens (primary N) is 1. The lowest BCUT2D eigenvalue weighted by molar-refractivity contribution is 0.256. The molecule has 0 spiro atoms. The van der Waals surface area contributed by atoms with Crippen molar-refractivity contribution in [2.24, 2.45) is 5.84 Å². The van der Waals surface area contributed by atoms with Crippen LogP contribution in [0.1, 0.15) is 91.4 Å². The highest BCUT2D eigenvalue weighted by Crippen LogP contribution is 2.25. The summed E-state index contributed by atoms with van der Waals surface area (Å²) in [5.74, 6) is 5.80. The van der Waals surface area contributed by atoms with Crippen LogP contribution in [0.2, 0.25) is 0 Å². The molecule has 0 aliphatic carbocycles. The second-order valence-electron chi connectivity index (χ2n) is 5.40. The number of rotatable bonds is 12. The second kappa shape index (κ2) is 11.0. The van der Waals surface area contributed by atoms with Gasteiger partial charge in [0.05, 0.1) is 0 Å². The largest absolute Gasteiger partial charge is 0.271 e. The first-order valence-electron chi connectivity index (χ1n) is 7.72. The molecule has 0 aliphatic rings. The first-order chi connectivity index (χ1) is 8.24. The van der Waals surface area contributed by atoms with Crippen molar-refractivity contribution in [2.45, 2.75) is 96.9 Å². The summed E-state index contributed by atoms with van der Waals surface area (Å²) in [6.45, 7) is 6.79. The van der Waals surface area contributed by atoms with E-state index in [-0.39, 0.29) is 5.54 Å². The molecule has 17 heavy (non-hydrogen) atoms. The summed E-state index contributed by atoms with van der Waals surface area (Å²) < 4.78 is 0. The fourth-order valence-electron chi connectivity index (χ4n) is 2.51. The molecule has 0 heterocycles. The third kappa shape index (κ3) is 7.77. The molecule has 0 rings (SSSR count). The van der Waals surface area contributed by atoms with Crippen LogP contribution in [-0.2, 0) is 0 Å². The van der Waals surface area contributed by atoms with Gasteiger partial charge in [-0.15, -0.1) is 0 Å². The number of nitrogens with one attached hydrogen (secondary N) is 1. The van der Waals surface area contributed by atoms with E-state index in [0.717, 1.165) is 6.42 Å². The molecule has 0 saturated carbocycles. The second-order valence-corrected chi connectivity index (χ2v) is 5.40. The molecule has 0 amide bonds. The van der Waals surface area contributed by atoms with E-state index in [4.69, 9.17) is 5.84 Å². The van der Waals surface area contributed by atoms with Gasteiger partial charge in [0, 0.05) is 5.54 Å². The van der Waals surface area contributed by atoms with Gasteiger partial charge in [-0.2, -0.15) is 0 Å². The van der Waals surface area contributed by atoms with Gasteiger partial charge in [0.1, 0.15) is 0 Å². The van der Waals surface area contributed by atoms with E-state index in [1.807, 2.05) is 0 Å². The predicted molar refractivity (Wildman–Crippen MR) is 77.9 cm³/mol. The Labute approximate surface area is 109 Å². The van der Waals surface area contributed by atoms with E-state index < -0.39 is 0 Å². The van der Waals surface area contributed by atoms with Crippen molar-refractivity contribution in [1.82, 2.24) is 5.43 Å². The standard InChI is InChI=1S/C15H34N2/c1-4-7-9-11-13-15(6-3,17-16)14-12-10-8-5-2/h17H,4-14,16H2,1-3H3. The van der Waals surface area contributed by atoms with Crippen molar-refractivity contribution < 1.29 is 0 Å². The van der Waals surface area contributed by atoms with Crippen LogP contribution in [0.25, 0.3) is 0 Å². The van der Waals surface area contributed by atoms with E-state index in [1.54, 1.807) is 0 Å². The summed E-state index contributed by atoms with van der Waals surface area (Å²) in [5, 5.41) is 0. The Balaban J connectivity index is 3.88. The van der Waals surface area contributed by atoms with Crippen LogP contribution in [0.5, 0.6) is 0 Å². The van der Waals surface area contributed by atoms with Gasteiger partial charge in [-0.05, 0) is 19.3 Å². The molecule has 0 bridgehead atoms. The fourth-order valence-corrected chi connectivity index (χ4v) is 2.51. The smallest absolute Gasteiger partial charge is 0.0318 e. The van der Waals surface area contributed by atoms with Gasteiger partial charge in [0.15, 0.2) is 0 Å². The van der Waals surface area contributed by atoms with E-state index in [0.29, 0.717) is 0 Å². The molecule has 0 unspecified atom stereocenters. The van der Waals surface area contributed by atoms with Gasteiger partial charge in [0.2, 0.25) is 0 Å². The third-order valence-electron chi connectivity index (χ3n) is 4.00. The zero-order valence-corrected chi connectivity index (χ0v) is 12.4. The lowest BCUT2D eigenvalue weighted by atomic mass is 9.84. The van der Waals surface area contributed by atoms with E-state index in [1.165, 1.54) is 64.2 Å². The SMILES string of the molecule is CCCCCCC(CC)(CCCCCC)NN. The molecule has 0 aromatic heterocycles. The van der Waals surface area contributed by atoms with Crippen LogP contribution in [0.4, 0.5) is 0 Å². The van der Waals surface area contributed by atoms with Crippen molar-refractivity contribution in [2.75, 3.05) is 0 Å². The van der Waals surface area contributed by atoms with Gasteiger partial charge < -0.3 is 0 Å². The molecule has 104 valence electrons. The lowest BCUT2D eigenvalue weighted by Gasteiger charge is -2.32. The van der Waals surface area contributed by atoms with Crippen LogP contribution < -0.4 is 11.3 Å². The molecule has 0 fully saturated rings. The van der Waals surface area contributed by atoms with Crippen molar-refractivity contribution >= 4 is 0 Å². The van der Waals surface area contributed by atoms with E-state index in [9.17, 15) is 0 Å². The predicted octanol–water partition coefficient (Wildman–Crippen LogP) is 4.54. The van der Waals surface area contributed by atoms with E-state index >= 15 is 0 Å². The van der Waals surface area contributed by atoms with Crippen LogP contribution in [-0.4, -0.2) is 5.54 Å². The normalized spacial score (nSPS) is 12.0. The summed E-state index contributed by atoms with van der Waals surface area (Å²) in [4.78, 5) is 0. The summed E-state index contributed by atoms with van der Waals surface area (Å²) in [5.41, 5.74) is 3.33. The van der Waals surface area contributed by atoms with Gasteiger partial charge >= 0.3 is 0 Å². The molecule has 2 heteroatoms. The average molecular weight is 242 g/mol. The maximum Gasteiger partial charge on any atom is 0.0318 e. The first-order valence-corrected chi connectivity index (χ1v) is 7.72. The van der Waals surface area contributed by atoms with Crippen molar-refractivity contribution in [1.29, 1.82) is 0 Å². The Morgan fingerprint density at radius 2 is 1.24 bits per heavy atom. The van der Waals surface area contributed by atoms with Crippen molar-refractivity contribution in [3.05, 3.63) is 0 Å². The highest BCUT2D eigenvalue weighted by Gasteiger charge is 2.25. The van der Waals surface area contributed by atoms with Gasteiger partial charge in [-0.3, -0.25) is 11.3 Å². The van der Waals surface area contributed by atoms with E-state index in [2.05, 4.69) is 26.2 Å². The molecule has 2 nitrogen and oxygen atoms in total. The topological polar surface area (TPSA) is 38.0 Å².